The molecule has 1 aliphatic rings. The number of pyridine rings is 1. The van der Waals surface area contributed by atoms with Crippen LogP contribution in [0.5, 0.6) is 0 Å². The van der Waals surface area contributed by atoms with Crippen LogP contribution in [0.1, 0.15) is 12.8 Å². The van der Waals surface area contributed by atoms with Crippen molar-refractivity contribution in [3.8, 4) is 0 Å². The quantitative estimate of drug-likeness (QED) is 0.724. The third-order valence-corrected chi connectivity index (χ3v) is 3.15. The van der Waals surface area contributed by atoms with E-state index in [9.17, 15) is 0 Å². The summed E-state index contributed by atoms with van der Waals surface area (Å²) < 4.78 is 0. The molecule has 0 unspecified atom stereocenters. The average Bonchev–Trinajstić information content (AvgIpc) is 2.87. The first kappa shape index (κ1) is 7.92. The van der Waals surface area contributed by atoms with Crippen molar-refractivity contribution in [3.63, 3.8) is 0 Å². The van der Waals surface area contributed by atoms with Crippen molar-refractivity contribution in [1.29, 1.82) is 0 Å². The molecule has 12 heavy (non-hydrogen) atoms. The molecule has 0 amide bonds. The Morgan fingerprint density at radius 2 is 2.33 bits per heavy atom. The van der Waals surface area contributed by atoms with Crippen molar-refractivity contribution in [1.82, 2.24) is 4.98 Å². The summed E-state index contributed by atoms with van der Waals surface area (Å²) in [6.45, 7) is 0. The molecule has 2 rings (SSSR count). The highest BCUT2D eigenvalue weighted by Gasteiger charge is 2.20. The van der Waals surface area contributed by atoms with Gasteiger partial charge in [-0.1, -0.05) is 0 Å². The molecule has 1 heterocycles. The number of anilines is 1. The molecule has 1 aliphatic carbocycles. The second-order valence-corrected chi connectivity index (χ2v) is 4.27. The smallest absolute Gasteiger partial charge is 0.123 e. The first-order valence-corrected chi connectivity index (χ1v) is 5.17. The molecule has 0 spiro atoms. The predicted octanol–water partition coefficient (Wildman–Crippen LogP) is 2.17. The van der Waals surface area contributed by atoms with Crippen LogP contribution in [0.25, 0.3) is 0 Å². The summed E-state index contributed by atoms with van der Waals surface area (Å²) in [7, 11) is 0. The van der Waals surface area contributed by atoms with Gasteiger partial charge in [-0.25, -0.2) is 4.98 Å². The Labute approximate surface area is 76.6 Å². The normalized spacial score (nSPS) is 16.3. The van der Waals surface area contributed by atoms with Gasteiger partial charge in [0, 0.05) is 16.8 Å². The molecule has 0 bridgehead atoms. The maximum atomic E-state index is 5.47. The molecule has 0 aromatic carbocycles. The highest BCUT2D eigenvalue weighted by atomic mass is 32.2. The molecule has 2 nitrogen and oxygen atoms in total. The van der Waals surface area contributed by atoms with Gasteiger partial charge in [0.05, 0.1) is 0 Å². The zero-order chi connectivity index (χ0) is 8.39. The van der Waals surface area contributed by atoms with Crippen molar-refractivity contribution in [3.05, 3.63) is 18.3 Å². The largest absolute Gasteiger partial charge is 0.384 e. The van der Waals surface area contributed by atoms with E-state index >= 15 is 0 Å². The second-order valence-electron chi connectivity index (χ2n) is 3.17. The van der Waals surface area contributed by atoms with Crippen LogP contribution in [0.2, 0.25) is 0 Å². The molecule has 0 radical (unpaired) electrons. The molecular weight excluding hydrogens is 168 g/mol. The highest BCUT2D eigenvalue weighted by molar-refractivity contribution is 7.99. The lowest BCUT2D eigenvalue weighted by molar-refractivity contribution is 0.999. The van der Waals surface area contributed by atoms with Crippen LogP contribution < -0.4 is 5.73 Å². The van der Waals surface area contributed by atoms with E-state index in [0.717, 1.165) is 5.92 Å². The highest BCUT2D eigenvalue weighted by Crippen LogP contribution is 2.34. The van der Waals surface area contributed by atoms with Crippen molar-refractivity contribution >= 4 is 17.6 Å². The lowest BCUT2D eigenvalue weighted by Crippen LogP contribution is -1.88. The minimum absolute atomic E-state index is 0.603. The Morgan fingerprint density at radius 3 is 2.92 bits per heavy atom. The van der Waals surface area contributed by atoms with Gasteiger partial charge in [-0.3, -0.25) is 0 Å². The number of nitrogens with two attached hydrogens (primary N) is 1. The summed E-state index contributed by atoms with van der Waals surface area (Å²) in [5.74, 6) is 2.81. The third-order valence-electron chi connectivity index (χ3n) is 1.94. The van der Waals surface area contributed by atoms with Gasteiger partial charge in [-0.2, -0.15) is 0 Å². The molecule has 2 N–H and O–H groups in total. The predicted molar refractivity (Wildman–Crippen MR) is 52.1 cm³/mol. The van der Waals surface area contributed by atoms with Crippen molar-refractivity contribution < 1.29 is 0 Å². The molecule has 1 aromatic rings. The number of thioether (sulfide) groups is 1. The van der Waals surface area contributed by atoms with Gasteiger partial charge in [0.2, 0.25) is 0 Å². The van der Waals surface area contributed by atoms with Gasteiger partial charge < -0.3 is 5.73 Å². The summed E-state index contributed by atoms with van der Waals surface area (Å²) in [5.41, 5.74) is 5.47. The van der Waals surface area contributed by atoms with E-state index < -0.39 is 0 Å². The van der Waals surface area contributed by atoms with E-state index in [1.165, 1.54) is 23.5 Å². The fourth-order valence-electron chi connectivity index (χ4n) is 0.976. The Morgan fingerprint density at radius 1 is 1.50 bits per heavy atom. The summed E-state index contributed by atoms with van der Waals surface area (Å²) in [4.78, 5) is 5.27. The van der Waals surface area contributed by atoms with E-state index in [-0.39, 0.29) is 0 Å². The van der Waals surface area contributed by atoms with Crippen LogP contribution in [0.4, 0.5) is 5.82 Å². The monoisotopic (exact) mass is 180 g/mol. The molecule has 1 saturated carbocycles. The number of nitrogen functional groups attached to an aromatic ring is 1. The van der Waals surface area contributed by atoms with Crippen LogP contribution in [0.3, 0.4) is 0 Å². The van der Waals surface area contributed by atoms with Crippen LogP contribution in [0, 0.1) is 5.92 Å². The van der Waals surface area contributed by atoms with Crippen LogP contribution in [0.15, 0.2) is 23.2 Å². The first-order valence-electron chi connectivity index (χ1n) is 4.19. The van der Waals surface area contributed by atoms with Crippen molar-refractivity contribution in [2.75, 3.05) is 11.5 Å². The van der Waals surface area contributed by atoms with E-state index in [4.69, 9.17) is 5.73 Å². The SMILES string of the molecule is Nc1ccc(SCC2CC2)cn1. The van der Waals surface area contributed by atoms with Crippen LogP contribution in [-0.2, 0) is 0 Å². The molecule has 1 fully saturated rings. The Balaban J connectivity index is 1.89. The fourth-order valence-corrected chi connectivity index (χ4v) is 2.03. The summed E-state index contributed by atoms with van der Waals surface area (Å²) in [6.07, 6.45) is 4.67. The van der Waals surface area contributed by atoms with Crippen molar-refractivity contribution in [2.24, 2.45) is 5.92 Å². The topological polar surface area (TPSA) is 38.9 Å². The molecule has 3 heteroatoms. The first-order chi connectivity index (χ1) is 5.84. The van der Waals surface area contributed by atoms with Gasteiger partial charge in [0.15, 0.2) is 0 Å². The van der Waals surface area contributed by atoms with Crippen LogP contribution in [-0.4, -0.2) is 10.7 Å². The maximum absolute atomic E-state index is 5.47. The summed E-state index contributed by atoms with van der Waals surface area (Å²) >= 11 is 1.88. The van der Waals surface area contributed by atoms with E-state index in [1.54, 1.807) is 0 Å². The standard InChI is InChI=1S/C9H12N2S/c10-9-4-3-8(5-11-9)12-6-7-1-2-7/h3-5,7H,1-2,6H2,(H2,10,11). The van der Waals surface area contributed by atoms with Gasteiger partial charge >= 0.3 is 0 Å². The third kappa shape index (κ3) is 2.14. The van der Waals surface area contributed by atoms with Crippen molar-refractivity contribution in [2.45, 2.75) is 17.7 Å². The average molecular weight is 180 g/mol. The van der Waals surface area contributed by atoms with E-state index in [0.29, 0.717) is 5.82 Å². The molecule has 0 aliphatic heterocycles. The Kier molecular flexibility index (Phi) is 2.21. The number of hydrogen-bond donors (Lipinski definition) is 1. The van der Waals surface area contributed by atoms with Crippen LogP contribution >= 0.6 is 11.8 Å². The number of rotatable bonds is 3. The van der Waals surface area contributed by atoms with E-state index in [2.05, 4.69) is 4.98 Å². The van der Waals surface area contributed by atoms with Gasteiger partial charge in [-0.15, -0.1) is 11.8 Å². The number of hydrogen-bond acceptors (Lipinski definition) is 3. The minimum Gasteiger partial charge on any atom is -0.384 e. The lowest BCUT2D eigenvalue weighted by atomic mass is 10.5. The molecule has 0 saturated heterocycles. The van der Waals surface area contributed by atoms with Gasteiger partial charge in [-0.05, 0) is 30.9 Å². The fraction of sp³-hybridized carbons (Fsp3) is 0.444. The van der Waals surface area contributed by atoms with Gasteiger partial charge in [0.25, 0.3) is 0 Å². The zero-order valence-corrected chi connectivity index (χ0v) is 7.68. The number of nitrogens with zero attached hydrogens (tertiary/aromatic N) is 1. The summed E-state index contributed by atoms with van der Waals surface area (Å²) in [6, 6.07) is 3.89. The molecule has 64 valence electrons. The molecule has 0 atom stereocenters. The molecular formula is C9H12N2S. The minimum atomic E-state index is 0.603. The molecule has 1 aromatic heterocycles. The van der Waals surface area contributed by atoms with Gasteiger partial charge in [0.1, 0.15) is 5.82 Å². The van der Waals surface area contributed by atoms with E-state index in [1.807, 2.05) is 30.1 Å². The Hall–Kier alpha value is -0.700. The Bertz CT molecular complexity index is 254. The zero-order valence-electron chi connectivity index (χ0n) is 6.86. The second kappa shape index (κ2) is 3.35. The summed E-state index contributed by atoms with van der Waals surface area (Å²) in [5, 5.41) is 0. The maximum Gasteiger partial charge on any atom is 0.123 e. The number of aromatic nitrogens is 1. The lowest BCUT2D eigenvalue weighted by Gasteiger charge is -1.98.